The third-order valence-electron chi connectivity index (χ3n) is 3.38. The van der Waals surface area contributed by atoms with Crippen LogP contribution in [-0.4, -0.2) is 0 Å². The predicted molar refractivity (Wildman–Crippen MR) is 85.7 cm³/mol. The SMILES string of the molecule is Cc1ccc(CC(N)c2cc(Cl)ccc2Br)cc1C. The van der Waals surface area contributed by atoms with Crippen LogP contribution in [0.1, 0.15) is 28.3 Å². The monoisotopic (exact) mass is 337 g/mol. The van der Waals surface area contributed by atoms with Gasteiger partial charge in [-0.15, -0.1) is 0 Å². The van der Waals surface area contributed by atoms with E-state index in [0.29, 0.717) is 5.02 Å². The van der Waals surface area contributed by atoms with Gasteiger partial charge in [0.05, 0.1) is 0 Å². The average molecular weight is 339 g/mol. The molecular formula is C16H17BrClN. The highest BCUT2D eigenvalue weighted by Crippen LogP contribution is 2.27. The van der Waals surface area contributed by atoms with Crippen molar-refractivity contribution in [3.05, 3.63) is 68.1 Å². The van der Waals surface area contributed by atoms with Crippen LogP contribution in [0.3, 0.4) is 0 Å². The minimum absolute atomic E-state index is 0.0600. The Bertz CT molecular complexity index is 595. The molecule has 0 aliphatic carbocycles. The molecule has 0 amide bonds. The van der Waals surface area contributed by atoms with E-state index in [2.05, 4.69) is 48.0 Å². The Balaban J connectivity index is 2.22. The molecule has 3 heteroatoms. The molecule has 19 heavy (non-hydrogen) atoms. The van der Waals surface area contributed by atoms with Crippen molar-refractivity contribution in [2.75, 3.05) is 0 Å². The third-order valence-corrected chi connectivity index (χ3v) is 4.34. The van der Waals surface area contributed by atoms with Crippen LogP contribution in [0.5, 0.6) is 0 Å². The zero-order chi connectivity index (χ0) is 14.0. The Morgan fingerprint density at radius 3 is 2.53 bits per heavy atom. The maximum absolute atomic E-state index is 6.30. The zero-order valence-corrected chi connectivity index (χ0v) is 13.4. The van der Waals surface area contributed by atoms with Gasteiger partial charge in [0.2, 0.25) is 0 Å². The molecule has 2 aromatic rings. The molecule has 1 nitrogen and oxygen atoms in total. The van der Waals surface area contributed by atoms with Gasteiger partial charge >= 0.3 is 0 Å². The highest BCUT2D eigenvalue weighted by molar-refractivity contribution is 9.10. The first-order chi connectivity index (χ1) is 8.97. The summed E-state index contributed by atoms with van der Waals surface area (Å²) in [4.78, 5) is 0. The zero-order valence-electron chi connectivity index (χ0n) is 11.1. The van der Waals surface area contributed by atoms with E-state index in [1.807, 2.05) is 18.2 Å². The summed E-state index contributed by atoms with van der Waals surface area (Å²) in [6, 6.07) is 12.2. The van der Waals surface area contributed by atoms with Crippen LogP contribution >= 0.6 is 27.5 Å². The predicted octanol–water partition coefficient (Wildman–Crippen LogP) is 4.96. The van der Waals surface area contributed by atoms with Gasteiger partial charge in [-0.1, -0.05) is 45.7 Å². The Morgan fingerprint density at radius 1 is 1.11 bits per heavy atom. The Hall–Kier alpha value is -0.830. The molecule has 0 aliphatic heterocycles. The first-order valence-electron chi connectivity index (χ1n) is 6.24. The van der Waals surface area contributed by atoms with Gasteiger partial charge in [0.25, 0.3) is 0 Å². The summed E-state index contributed by atoms with van der Waals surface area (Å²) in [5.41, 5.74) is 11.2. The van der Waals surface area contributed by atoms with E-state index < -0.39 is 0 Å². The van der Waals surface area contributed by atoms with Crippen molar-refractivity contribution in [2.24, 2.45) is 5.73 Å². The fourth-order valence-corrected chi connectivity index (χ4v) is 2.81. The molecule has 0 saturated carbocycles. The lowest BCUT2D eigenvalue weighted by Gasteiger charge is -2.15. The molecule has 2 aromatic carbocycles. The van der Waals surface area contributed by atoms with Crippen molar-refractivity contribution in [3.8, 4) is 0 Å². The first-order valence-corrected chi connectivity index (χ1v) is 7.41. The van der Waals surface area contributed by atoms with Gasteiger partial charge in [-0.05, 0) is 60.7 Å². The number of aryl methyl sites for hydroxylation is 2. The van der Waals surface area contributed by atoms with E-state index in [-0.39, 0.29) is 6.04 Å². The maximum Gasteiger partial charge on any atom is 0.0410 e. The van der Waals surface area contributed by atoms with Crippen molar-refractivity contribution >= 4 is 27.5 Å². The normalized spacial score (nSPS) is 12.5. The molecule has 0 radical (unpaired) electrons. The minimum atomic E-state index is -0.0600. The quantitative estimate of drug-likeness (QED) is 0.841. The molecular weight excluding hydrogens is 322 g/mol. The first kappa shape index (κ1) is 14.6. The van der Waals surface area contributed by atoms with Gasteiger partial charge in [0, 0.05) is 15.5 Å². The van der Waals surface area contributed by atoms with Crippen LogP contribution in [0.4, 0.5) is 0 Å². The number of hydrogen-bond donors (Lipinski definition) is 1. The van der Waals surface area contributed by atoms with Gasteiger partial charge in [-0.2, -0.15) is 0 Å². The highest BCUT2D eigenvalue weighted by atomic mass is 79.9. The molecule has 0 fully saturated rings. The van der Waals surface area contributed by atoms with Gasteiger partial charge < -0.3 is 5.73 Å². The van der Waals surface area contributed by atoms with E-state index in [1.54, 1.807) is 0 Å². The van der Waals surface area contributed by atoms with Gasteiger partial charge in [0.15, 0.2) is 0 Å². The Labute approximate surface area is 127 Å². The van der Waals surface area contributed by atoms with Crippen molar-refractivity contribution < 1.29 is 0 Å². The van der Waals surface area contributed by atoms with Crippen molar-refractivity contribution in [1.82, 2.24) is 0 Å². The van der Waals surface area contributed by atoms with Crippen LogP contribution in [-0.2, 0) is 6.42 Å². The lowest BCUT2D eigenvalue weighted by molar-refractivity contribution is 0.718. The maximum atomic E-state index is 6.30. The lowest BCUT2D eigenvalue weighted by Crippen LogP contribution is -2.14. The summed E-state index contributed by atoms with van der Waals surface area (Å²) in [7, 11) is 0. The van der Waals surface area contributed by atoms with Crippen LogP contribution in [0, 0.1) is 13.8 Å². The number of halogens is 2. The molecule has 0 spiro atoms. The smallest absolute Gasteiger partial charge is 0.0410 e. The Morgan fingerprint density at radius 2 is 1.84 bits per heavy atom. The second-order valence-corrected chi connectivity index (χ2v) is 6.19. The lowest BCUT2D eigenvalue weighted by atomic mass is 9.97. The molecule has 1 atom stereocenters. The molecule has 0 bridgehead atoms. The van der Waals surface area contributed by atoms with Crippen LogP contribution in [0.2, 0.25) is 5.02 Å². The molecule has 100 valence electrons. The Kier molecular flexibility index (Phi) is 4.67. The average Bonchev–Trinajstić information content (AvgIpc) is 2.36. The van der Waals surface area contributed by atoms with Gasteiger partial charge in [-0.25, -0.2) is 0 Å². The topological polar surface area (TPSA) is 26.0 Å². The number of benzene rings is 2. The van der Waals surface area contributed by atoms with E-state index in [4.69, 9.17) is 17.3 Å². The summed E-state index contributed by atoms with van der Waals surface area (Å²) in [5.74, 6) is 0. The fraction of sp³-hybridized carbons (Fsp3) is 0.250. The largest absolute Gasteiger partial charge is 0.324 e. The molecule has 0 saturated heterocycles. The van der Waals surface area contributed by atoms with E-state index in [9.17, 15) is 0 Å². The minimum Gasteiger partial charge on any atom is -0.324 e. The summed E-state index contributed by atoms with van der Waals surface area (Å²) < 4.78 is 1.01. The van der Waals surface area contributed by atoms with E-state index in [0.717, 1.165) is 16.5 Å². The molecule has 0 aromatic heterocycles. The molecule has 1 unspecified atom stereocenters. The van der Waals surface area contributed by atoms with Crippen molar-refractivity contribution in [1.29, 1.82) is 0 Å². The van der Waals surface area contributed by atoms with E-state index >= 15 is 0 Å². The molecule has 2 N–H and O–H groups in total. The van der Waals surface area contributed by atoms with E-state index in [1.165, 1.54) is 16.7 Å². The number of nitrogens with two attached hydrogens (primary N) is 1. The second kappa shape index (κ2) is 6.08. The highest BCUT2D eigenvalue weighted by Gasteiger charge is 2.11. The third kappa shape index (κ3) is 3.59. The summed E-state index contributed by atoms with van der Waals surface area (Å²) in [5, 5.41) is 0.716. The standard InChI is InChI=1S/C16H17BrClN/c1-10-3-4-12(7-11(10)2)8-16(19)14-9-13(18)5-6-15(14)17/h3-7,9,16H,8,19H2,1-2H3. The second-order valence-electron chi connectivity index (χ2n) is 4.90. The number of rotatable bonds is 3. The molecule has 2 rings (SSSR count). The fourth-order valence-electron chi connectivity index (χ4n) is 2.09. The van der Waals surface area contributed by atoms with Crippen LogP contribution in [0.15, 0.2) is 40.9 Å². The van der Waals surface area contributed by atoms with Crippen molar-refractivity contribution in [2.45, 2.75) is 26.3 Å². The molecule has 0 heterocycles. The van der Waals surface area contributed by atoms with Crippen LogP contribution in [0.25, 0.3) is 0 Å². The summed E-state index contributed by atoms with van der Waals surface area (Å²) >= 11 is 9.57. The van der Waals surface area contributed by atoms with Crippen molar-refractivity contribution in [3.63, 3.8) is 0 Å². The van der Waals surface area contributed by atoms with Gasteiger partial charge in [-0.3, -0.25) is 0 Å². The summed E-state index contributed by atoms with van der Waals surface area (Å²) in [6.45, 7) is 4.24. The molecule has 0 aliphatic rings. The van der Waals surface area contributed by atoms with Crippen LogP contribution < -0.4 is 5.73 Å². The number of hydrogen-bond acceptors (Lipinski definition) is 1. The summed E-state index contributed by atoms with van der Waals surface area (Å²) in [6.07, 6.45) is 0.806. The van der Waals surface area contributed by atoms with Gasteiger partial charge in [0.1, 0.15) is 0 Å².